The smallest absolute Gasteiger partial charge is 0.0328 e. The van der Waals surface area contributed by atoms with Crippen molar-refractivity contribution in [3.8, 4) is 0 Å². The van der Waals surface area contributed by atoms with Crippen LogP contribution < -0.4 is 0 Å². The number of hydrogen-bond acceptors (Lipinski definition) is 0. The van der Waals surface area contributed by atoms with Gasteiger partial charge in [-0.25, -0.2) is 0 Å². The van der Waals surface area contributed by atoms with Crippen LogP contribution in [0.15, 0.2) is 0 Å². The molecule has 7 unspecified atom stereocenters. The van der Waals surface area contributed by atoms with E-state index in [0.29, 0.717) is 32.5 Å². The maximum Gasteiger partial charge on any atom is -0.0328 e. The Morgan fingerprint density at radius 3 is 0.708 bits per heavy atom. The zero-order valence-electron chi connectivity index (χ0n) is 53.3. The minimum atomic E-state index is 0.460. The number of hydrogen-bond donors (Lipinski definition) is 0. The van der Waals surface area contributed by atoms with E-state index < -0.39 is 0 Å². The maximum atomic E-state index is 2.43. The molecule has 0 spiro atoms. The molecule has 0 aromatic rings. The van der Waals surface area contributed by atoms with E-state index in [0.717, 1.165) is 76.9 Å². The van der Waals surface area contributed by atoms with Gasteiger partial charge in [0, 0.05) is 0 Å². The summed E-state index contributed by atoms with van der Waals surface area (Å²) in [6.45, 7) is 82.4. The molecular formula is C65H140. The third kappa shape index (κ3) is 37.5. The van der Waals surface area contributed by atoms with Gasteiger partial charge in [-0.3, -0.25) is 0 Å². The Labute approximate surface area is 420 Å². The molecule has 0 bridgehead atoms. The van der Waals surface area contributed by atoms with E-state index >= 15 is 0 Å². The SMILES string of the molecule is CC(C)C(CC(C)C(C)(C)C)C(C)C.CCC(C)(CC)CC(C)C(C)(C)C.CCC(CC(C)C(C)(C)C)C(C)C.CCC(CC(C)C(C)(C)C)C(C)C.CCC(CC)CC(C)C(C)(C)C. The highest BCUT2D eigenvalue weighted by Gasteiger charge is 2.30. The van der Waals surface area contributed by atoms with Crippen LogP contribution in [0, 0.1) is 109 Å². The summed E-state index contributed by atoms with van der Waals surface area (Å²) in [5.74, 6) is 11.1. The first-order valence-electron chi connectivity index (χ1n) is 28.9. The topological polar surface area (TPSA) is 0 Å². The summed E-state index contributed by atoms with van der Waals surface area (Å²) in [5.41, 5.74) is 2.92. The Hall–Kier alpha value is 0. The lowest BCUT2D eigenvalue weighted by molar-refractivity contribution is 0.149. The zero-order chi connectivity index (χ0) is 53.3. The summed E-state index contributed by atoms with van der Waals surface area (Å²) in [6.07, 6.45) is 14.9. The Morgan fingerprint density at radius 2 is 0.523 bits per heavy atom. The Kier molecular flexibility index (Phi) is 39.1. The van der Waals surface area contributed by atoms with Crippen molar-refractivity contribution < 1.29 is 0 Å². The van der Waals surface area contributed by atoms with Crippen molar-refractivity contribution in [2.24, 2.45) is 109 Å². The number of rotatable bonds is 20. The van der Waals surface area contributed by atoms with E-state index in [9.17, 15) is 0 Å². The summed E-state index contributed by atoms with van der Waals surface area (Å²) >= 11 is 0. The molecule has 0 rings (SSSR count). The summed E-state index contributed by atoms with van der Waals surface area (Å²) in [4.78, 5) is 0. The minimum Gasteiger partial charge on any atom is -0.0651 e. The van der Waals surface area contributed by atoms with Crippen molar-refractivity contribution in [2.45, 2.75) is 313 Å². The lowest BCUT2D eigenvalue weighted by Gasteiger charge is -2.36. The average Bonchev–Trinajstić information content (AvgIpc) is 3.15. The van der Waals surface area contributed by atoms with E-state index in [4.69, 9.17) is 0 Å². The summed E-state index contributed by atoms with van der Waals surface area (Å²) < 4.78 is 0. The second kappa shape index (κ2) is 34.3. The highest BCUT2D eigenvalue weighted by molar-refractivity contribution is 4.80. The molecule has 65 heavy (non-hydrogen) atoms. The minimum absolute atomic E-state index is 0.460. The molecule has 0 aliphatic heterocycles. The molecule has 0 aromatic carbocycles. The Morgan fingerprint density at radius 1 is 0.277 bits per heavy atom. The summed E-state index contributed by atoms with van der Waals surface area (Å²) in [7, 11) is 0. The van der Waals surface area contributed by atoms with Gasteiger partial charge in [0.15, 0.2) is 0 Å². The van der Waals surface area contributed by atoms with Gasteiger partial charge < -0.3 is 0 Å². The molecule has 0 amide bonds. The fraction of sp³-hybridized carbons (Fsp3) is 1.00. The second-order valence-electron chi connectivity index (χ2n) is 29.7. The van der Waals surface area contributed by atoms with Crippen LogP contribution >= 0.6 is 0 Å². The van der Waals surface area contributed by atoms with Gasteiger partial charge in [-0.15, -0.1) is 0 Å². The van der Waals surface area contributed by atoms with Crippen LogP contribution in [0.5, 0.6) is 0 Å². The third-order valence-electron chi connectivity index (χ3n) is 18.3. The lowest BCUT2D eigenvalue weighted by Crippen LogP contribution is -2.25. The standard InChI is InChI=1S/C14H30.3C13H28.C12H26/c1-10(2)13(11(3)4)9-12(5)14(6,7)8;2*1-8-12(10(2)3)9-11(4)13(5,6)7;1-8-13(7,9-2)10-11(3)12(4,5)6;1-7-11(8-2)9-10(3)12(4,5)6/h10-13H,9H2,1-8H3;2*10-12H,8-9H2,1-7H3;11H,8-10H2,1-7H3;10-11H,7-9H2,1-6H3. The van der Waals surface area contributed by atoms with Gasteiger partial charge in [0.2, 0.25) is 0 Å². The van der Waals surface area contributed by atoms with Crippen LogP contribution in [-0.2, 0) is 0 Å². The molecule has 0 saturated carbocycles. The molecule has 0 aliphatic rings. The van der Waals surface area contributed by atoms with Crippen LogP contribution in [0.1, 0.15) is 313 Å². The maximum absolute atomic E-state index is 2.43. The second-order valence-corrected chi connectivity index (χ2v) is 29.7. The third-order valence-corrected chi connectivity index (χ3v) is 18.3. The van der Waals surface area contributed by atoms with Gasteiger partial charge in [0.05, 0.1) is 0 Å². The average molecular weight is 922 g/mol. The quantitative estimate of drug-likeness (QED) is 0.114. The van der Waals surface area contributed by atoms with Crippen molar-refractivity contribution in [3.63, 3.8) is 0 Å². The highest BCUT2D eigenvalue weighted by Crippen LogP contribution is 2.40. The largest absolute Gasteiger partial charge is 0.0651 e. The molecule has 0 N–H and O–H groups in total. The summed E-state index contributed by atoms with van der Waals surface area (Å²) in [5, 5.41) is 0. The van der Waals surface area contributed by atoms with Crippen LogP contribution in [0.3, 0.4) is 0 Å². The van der Waals surface area contributed by atoms with E-state index in [2.05, 4.69) is 242 Å². The molecule has 400 valence electrons. The fourth-order valence-corrected chi connectivity index (χ4v) is 8.57. The predicted octanol–water partition coefficient (Wildman–Crippen LogP) is 23.8. The molecule has 7 atom stereocenters. The van der Waals surface area contributed by atoms with E-state index in [1.54, 1.807) is 0 Å². The van der Waals surface area contributed by atoms with Crippen molar-refractivity contribution in [1.82, 2.24) is 0 Å². The van der Waals surface area contributed by atoms with Crippen molar-refractivity contribution in [3.05, 3.63) is 0 Å². The molecule has 0 radical (unpaired) electrons. The monoisotopic (exact) mass is 921 g/mol. The van der Waals surface area contributed by atoms with E-state index in [1.165, 1.54) is 70.6 Å². The Balaban J connectivity index is -0.000000231. The van der Waals surface area contributed by atoms with E-state index in [1.807, 2.05) is 0 Å². The van der Waals surface area contributed by atoms with Crippen LogP contribution in [0.25, 0.3) is 0 Å². The van der Waals surface area contributed by atoms with E-state index in [-0.39, 0.29) is 0 Å². The Bertz CT molecular complexity index is 998. The van der Waals surface area contributed by atoms with Crippen molar-refractivity contribution in [2.75, 3.05) is 0 Å². The van der Waals surface area contributed by atoms with Crippen molar-refractivity contribution in [1.29, 1.82) is 0 Å². The molecule has 0 aromatic heterocycles. The van der Waals surface area contributed by atoms with Gasteiger partial charge in [-0.05, 0) is 142 Å². The molecule has 0 aliphatic carbocycles. The predicted molar refractivity (Wildman–Crippen MR) is 309 cm³/mol. The molecular weight excluding hydrogens is 781 g/mol. The molecule has 0 heterocycles. The van der Waals surface area contributed by atoms with Crippen LogP contribution in [0.4, 0.5) is 0 Å². The summed E-state index contributed by atoms with van der Waals surface area (Å²) in [6, 6.07) is 0. The first kappa shape index (κ1) is 74.0. The molecule has 0 saturated heterocycles. The van der Waals surface area contributed by atoms with Crippen molar-refractivity contribution >= 4 is 0 Å². The van der Waals surface area contributed by atoms with Gasteiger partial charge >= 0.3 is 0 Å². The highest BCUT2D eigenvalue weighted by atomic mass is 14.4. The lowest BCUT2D eigenvalue weighted by atomic mass is 9.70. The van der Waals surface area contributed by atoms with Gasteiger partial charge in [0.1, 0.15) is 0 Å². The molecule has 0 nitrogen and oxygen atoms in total. The fourth-order valence-electron chi connectivity index (χ4n) is 8.57. The molecule has 0 heteroatoms. The van der Waals surface area contributed by atoms with Gasteiger partial charge in [0.25, 0.3) is 0 Å². The van der Waals surface area contributed by atoms with Gasteiger partial charge in [-0.1, -0.05) is 281 Å². The van der Waals surface area contributed by atoms with Crippen LogP contribution in [-0.4, -0.2) is 0 Å². The first-order valence-corrected chi connectivity index (χ1v) is 28.9. The molecule has 0 fully saturated rings. The van der Waals surface area contributed by atoms with Crippen LogP contribution in [0.2, 0.25) is 0 Å². The normalized spacial score (nSPS) is 16.4. The van der Waals surface area contributed by atoms with Gasteiger partial charge in [-0.2, -0.15) is 0 Å². The first-order chi connectivity index (χ1) is 28.9. The zero-order valence-corrected chi connectivity index (χ0v) is 53.3.